The molecule has 0 spiro atoms. The Labute approximate surface area is 458 Å². The molecule has 4 amide bonds. The van der Waals surface area contributed by atoms with Crippen LogP contribution in [0.5, 0.6) is 23.0 Å². The lowest BCUT2D eigenvalue weighted by Crippen LogP contribution is -2.16. The van der Waals surface area contributed by atoms with Gasteiger partial charge in [0.2, 0.25) is 23.6 Å². The molecule has 0 radical (unpaired) electrons. The number of nitrogens with one attached hydrogen (secondary N) is 4. The zero-order valence-corrected chi connectivity index (χ0v) is 47.3. The van der Waals surface area contributed by atoms with E-state index in [0.29, 0.717) is 111 Å². The van der Waals surface area contributed by atoms with Crippen molar-refractivity contribution in [1.29, 1.82) is 0 Å². The van der Waals surface area contributed by atoms with Gasteiger partial charge in [0.25, 0.3) is 0 Å². The number of carboxylic acids is 1. The van der Waals surface area contributed by atoms with Crippen molar-refractivity contribution >= 4 is 52.3 Å². The molecule has 0 saturated heterocycles. The maximum Gasteiger partial charge on any atom is 0.303 e. The van der Waals surface area contributed by atoms with E-state index in [-0.39, 0.29) is 55.7 Å². The largest absolute Gasteiger partial charge is 0.493 e. The first-order chi connectivity index (χ1) is 37.3. The van der Waals surface area contributed by atoms with Gasteiger partial charge in [0, 0.05) is 125 Å². The third-order valence-corrected chi connectivity index (χ3v) is 13.2. The van der Waals surface area contributed by atoms with Gasteiger partial charge in [-0.3, -0.25) is 24.0 Å². The lowest BCUT2D eigenvalue weighted by Gasteiger charge is -2.25. The molecule has 1 aliphatic rings. The summed E-state index contributed by atoms with van der Waals surface area (Å²) in [6.45, 7) is 16.2. The fourth-order valence-electron chi connectivity index (χ4n) is 9.64. The van der Waals surface area contributed by atoms with Crippen LogP contribution in [-0.4, -0.2) is 61.1 Å². The van der Waals surface area contributed by atoms with Crippen LogP contribution in [0.15, 0.2) is 48.5 Å². The number of fused-ring (bicyclic) bond motifs is 8. The van der Waals surface area contributed by atoms with E-state index in [9.17, 15) is 29.1 Å². The van der Waals surface area contributed by atoms with E-state index < -0.39 is 5.97 Å². The van der Waals surface area contributed by atoms with Gasteiger partial charge < -0.3 is 45.3 Å². The van der Waals surface area contributed by atoms with Gasteiger partial charge in [0.05, 0.1) is 26.4 Å². The van der Waals surface area contributed by atoms with E-state index in [2.05, 4.69) is 62.8 Å². The Morgan fingerprint density at radius 1 is 0.338 bits per heavy atom. The lowest BCUT2D eigenvalue weighted by molar-refractivity contribution is -0.137. The monoisotopic (exact) mass is 1060 g/mol. The number of hydrogen-bond acceptors (Lipinski definition) is 9. The topological polar surface area (TPSA) is 191 Å². The highest BCUT2D eigenvalue weighted by molar-refractivity contribution is 5.93. The maximum atomic E-state index is 13.7. The van der Waals surface area contributed by atoms with Crippen LogP contribution in [0.3, 0.4) is 0 Å². The number of anilines is 4. The molecule has 5 N–H and O–H groups in total. The molecule has 8 bridgehead atoms. The highest BCUT2D eigenvalue weighted by Gasteiger charge is 2.26. The number of ether oxygens (including phenoxy) is 4. The Hall–Kier alpha value is -6.57. The first-order valence-electron chi connectivity index (χ1n) is 28.9. The minimum absolute atomic E-state index is 0.0101. The van der Waals surface area contributed by atoms with Crippen molar-refractivity contribution in [3.8, 4) is 23.0 Å². The molecule has 0 fully saturated rings. The molecular formula is C63H88N4O10. The molecule has 0 aromatic heterocycles. The van der Waals surface area contributed by atoms with E-state index in [4.69, 9.17) is 18.9 Å². The Balaban J connectivity index is 1.92. The van der Waals surface area contributed by atoms with Crippen molar-refractivity contribution < 1.29 is 48.0 Å². The van der Waals surface area contributed by atoms with Crippen molar-refractivity contribution in [1.82, 2.24) is 0 Å². The van der Waals surface area contributed by atoms with E-state index in [1.807, 2.05) is 55.5 Å². The fraction of sp³-hybridized carbons (Fsp3) is 0.540. The van der Waals surface area contributed by atoms with Crippen molar-refractivity contribution in [2.24, 2.45) is 0 Å². The standard InChI is InChI=1S/C63H88N4O10/c1-8-15-18-22-55(68)64-51-35-43-31-45-37-52(65-56(69)23-19-16-9-2)39-47(61(45)75-28-12-5)33-49-41-54(67-58(71)25-21-26-59(72)73)42-50(63(49)77-30-14-7)34-48-40-53(66-57(70)24-20-17-10-3)38-46(62(48)76-29-13-6)32-44(36-51)60(43)74-27-11-4/h35-42H,8-34H2,1-7H3,(H,64,68)(H,65,69)(H,66,70)(H,67,71)(H,72,73). The first kappa shape index (κ1) is 61.3. The molecule has 0 unspecified atom stereocenters. The van der Waals surface area contributed by atoms with Gasteiger partial charge in [-0.2, -0.15) is 0 Å². The van der Waals surface area contributed by atoms with Gasteiger partial charge in [-0.1, -0.05) is 87.0 Å². The predicted molar refractivity (Wildman–Crippen MR) is 309 cm³/mol. The Bertz CT molecular complexity index is 2460. The summed E-state index contributed by atoms with van der Waals surface area (Å²) in [5.41, 5.74) is 8.62. The number of carbonyl (C=O) groups is 5. The molecule has 14 heteroatoms. The third kappa shape index (κ3) is 19.7. The molecule has 0 heterocycles. The molecule has 0 saturated carbocycles. The first-order valence-corrected chi connectivity index (χ1v) is 28.9. The summed E-state index contributed by atoms with van der Waals surface area (Å²) in [5, 5.41) is 22.2. The number of carbonyl (C=O) groups excluding carboxylic acids is 4. The Morgan fingerprint density at radius 3 is 0.753 bits per heavy atom. The average Bonchev–Trinajstić information content (AvgIpc) is 3.39. The Morgan fingerprint density at radius 2 is 0.558 bits per heavy atom. The summed E-state index contributed by atoms with van der Waals surface area (Å²) < 4.78 is 27.3. The molecular weight excluding hydrogens is 973 g/mol. The van der Waals surface area contributed by atoms with Gasteiger partial charge in [-0.15, -0.1) is 0 Å². The smallest absolute Gasteiger partial charge is 0.303 e. The quantitative estimate of drug-likeness (QED) is 0.0259. The number of benzene rings is 4. The molecule has 0 aliphatic heterocycles. The van der Waals surface area contributed by atoms with Crippen LogP contribution >= 0.6 is 0 Å². The molecule has 4 aromatic rings. The maximum absolute atomic E-state index is 13.7. The van der Waals surface area contributed by atoms with Crippen LogP contribution in [0.2, 0.25) is 0 Å². The van der Waals surface area contributed by atoms with E-state index in [1.54, 1.807) is 0 Å². The van der Waals surface area contributed by atoms with Crippen molar-refractivity contribution in [3.05, 3.63) is 93.0 Å². The second kappa shape index (κ2) is 32.9. The summed E-state index contributed by atoms with van der Waals surface area (Å²) in [6.07, 6.45) is 13.2. The fourth-order valence-corrected chi connectivity index (χ4v) is 9.64. The molecule has 14 nitrogen and oxygen atoms in total. The van der Waals surface area contributed by atoms with Crippen LogP contribution in [0.1, 0.15) is 215 Å². The molecule has 77 heavy (non-hydrogen) atoms. The van der Waals surface area contributed by atoms with E-state index in [0.717, 1.165) is 122 Å². The highest BCUT2D eigenvalue weighted by atomic mass is 16.5. The van der Waals surface area contributed by atoms with Crippen LogP contribution in [-0.2, 0) is 49.7 Å². The summed E-state index contributed by atoms with van der Waals surface area (Å²) in [6, 6.07) is 15.7. The zero-order valence-electron chi connectivity index (χ0n) is 47.3. The predicted octanol–water partition coefficient (Wildman–Crippen LogP) is 14.3. The SMILES string of the molecule is CCCCCC(=O)Nc1cc2c(OCCC)c(c1)Cc1cc(NC(=O)CCCCC)cc(c1OCCC)Cc1cc(NC(=O)CCCC(=O)O)cc(c1OCCC)Cc1cc(NC(=O)CCCCC)cc(c1OCCC)C2. The molecule has 1 aliphatic carbocycles. The summed E-state index contributed by atoms with van der Waals surface area (Å²) >= 11 is 0. The normalized spacial score (nSPS) is 11.8. The van der Waals surface area contributed by atoms with Crippen LogP contribution < -0.4 is 40.2 Å². The second-order valence-corrected chi connectivity index (χ2v) is 20.4. The molecule has 5 rings (SSSR count). The number of aliphatic carboxylic acids is 1. The second-order valence-electron chi connectivity index (χ2n) is 20.4. The zero-order chi connectivity index (χ0) is 55.5. The molecule has 4 aromatic carbocycles. The van der Waals surface area contributed by atoms with Gasteiger partial charge in [0.15, 0.2) is 0 Å². The number of amides is 4. The molecule has 0 atom stereocenters. The minimum Gasteiger partial charge on any atom is -0.493 e. The summed E-state index contributed by atoms with van der Waals surface area (Å²) in [4.78, 5) is 66.3. The minimum atomic E-state index is -0.971. The Kier molecular flexibility index (Phi) is 26.2. The van der Waals surface area contributed by atoms with Crippen molar-refractivity contribution in [3.63, 3.8) is 0 Å². The average molecular weight is 1060 g/mol. The van der Waals surface area contributed by atoms with Gasteiger partial charge in [-0.05, 0) is 99.9 Å². The van der Waals surface area contributed by atoms with E-state index >= 15 is 0 Å². The van der Waals surface area contributed by atoms with Gasteiger partial charge in [-0.25, -0.2) is 0 Å². The van der Waals surface area contributed by atoms with Crippen LogP contribution in [0.25, 0.3) is 0 Å². The van der Waals surface area contributed by atoms with Gasteiger partial charge >= 0.3 is 5.97 Å². The number of carboxylic acid groups (broad SMARTS) is 1. The third-order valence-electron chi connectivity index (χ3n) is 13.2. The summed E-state index contributed by atoms with van der Waals surface area (Å²) in [5.74, 6) is 1.01. The van der Waals surface area contributed by atoms with Crippen LogP contribution in [0, 0.1) is 0 Å². The molecule has 420 valence electrons. The van der Waals surface area contributed by atoms with Gasteiger partial charge in [0.1, 0.15) is 23.0 Å². The number of hydrogen-bond donors (Lipinski definition) is 5. The summed E-state index contributed by atoms with van der Waals surface area (Å²) in [7, 11) is 0. The number of unbranched alkanes of at least 4 members (excludes halogenated alkanes) is 6. The van der Waals surface area contributed by atoms with Crippen LogP contribution in [0.4, 0.5) is 22.7 Å². The van der Waals surface area contributed by atoms with Crippen molar-refractivity contribution in [2.45, 2.75) is 196 Å². The lowest BCUT2D eigenvalue weighted by atomic mass is 9.90. The van der Waals surface area contributed by atoms with E-state index in [1.165, 1.54) is 0 Å². The highest BCUT2D eigenvalue weighted by Crippen LogP contribution is 2.43. The van der Waals surface area contributed by atoms with Crippen molar-refractivity contribution in [2.75, 3.05) is 47.7 Å². The number of rotatable bonds is 32.